The van der Waals surface area contributed by atoms with Gasteiger partial charge in [-0.2, -0.15) is 0 Å². The summed E-state index contributed by atoms with van der Waals surface area (Å²) in [5.41, 5.74) is 2.77. The zero-order valence-electron chi connectivity index (χ0n) is 12.2. The minimum Gasteiger partial charge on any atom is -0.396 e. The van der Waals surface area contributed by atoms with E-state index in [9.17, 15) is 5.11 Å². The summed E-state index contributed by atoms with van der Waals surface area (Å²) >= 11 is 6.37. The smallest absolute Gasteiger partial charge is 0.0752 e. The van der Waals surface area contributed by atoms with Gasteiger partial charge in [0, 0.05) is 23.5 Å². The van der Waals surface area contributed by atoms with Crippen molar-refractivity contribution >= 4 is 28.2 Å². The molecule has 1 unspecified atom stereocenters. The number of aliphatic hydroxyl groups excluding tert-OH is 1. The third kappa shape index (κ3) is 2.89. The maximum absolute atomic E-state index is 9.50. The number of halogens is 1. The first kappa shape index (κ1) is 15.1. The van der Waals surface area contributed by atoms with Gasteiger partial charge >= 0.3 is 0 Å². The van der Waals surface area contributed by atoms with Gasteiger partial charge in [-0.3, -0.25) is 4.98 Å². The fraction of sp³-hybridized carbons (Fsp3) is 0.438. The maximum atomic E-state index is 9.50. The van der Waals surface area contributed by atoms with E-state index in [-0.39, 0.29) is 12.0 Å². The van der Waals surface area contributed by atoms with Crippen LogP contribution in [-0.4, -0.2) is 23.2 Å². The number of anilines is 1. The fourth-order valence-electron chi connectivity index (χ4n) is 2.15. The van der Waals surface area contributed by atoms with Gasteiger partial charge in [0.15, 0.2) is 0 Å². The predicted octanol–water partition coefficient (Wildman–Crippen LogP) is 4.02. The molecule has 2 N–H and O–H groups in total. The van der Waals surface area contributed by atoms with Crippen molar-refractivity contribution in [2.75, 3.05) is 18.5 Å². The first-order valence-corrected chi connectivity index (χ1v) is 7.27. The van der Waals surface area contributed by atoms with Crippen LogP contribution in [0.15, 0.2) is 24.4 Å². The normalized spacial score (nSPS) is 14.2. The molecule has 0 aliphatic carbocycles. The van der Waals surface area contributed by atoms with Crippen molar-refractivity contribution in [3.05, 3.63) is 35.0 Å². The summed E-state index contributed by atoms with van der Waals surface area (Å²) < 4.78 is 0. The Balaban J connectivity index is 2.39. The topological polar surface area (TPSA) is 45.1 Å². The first-order chi connectivity index (χ1) is 9.50. The van der Waals surface area contributed by atoms with Crippen LogP contribution >= 0.6 is 11.6 Å². The quantitative estimate of drug-likeness (QED) is 0.875. The predicted molar refractivity (Wildman–Crippen MR) is 85.5 cm³/mol. The third-order valence-corrected chi connectivity index (χ3v) is 4.26. The Bertz CT molecular complexity index is 609. The summed E-state index contributed by atoms with van der Waals surface area (Å²) in [6, 6.07) is 5.86. The molecule has 1 heterocycles. The minimum absolute atomic E-state index is 0.149. The molecule has 1 atom stereocenters. The Morgan fingerprint density at radius 3 is 2.85 bits per heavy atom. The molecule has 2 rings (SSSR count). The number of hydrogen-bond acceptors (Lipinski definition) is 3. The lowest BCUT2D eigenvalue weighted by Gasteiger charge is -2.27. The lowest BCUT2D eigenvalue weighted by Crippen LogP contribution is -2.29. The van der Waals surface area contributed by atoms with E-state index < -0.39 is 0 Å². The summed E-state index contributed by atoms with van der Waals surface area (Å²) in [6.07, 6.45) is 2.69. The molecule has 1 aromatic heterocycles. The number of fused-ring (bicyclic) bond motifs is 1. The van der Waals surface area contributed by atoms with Crippen LogP contribution in [0.1, 0.15) is 25.8 Å². The Kier molecular flexibility index (Phi) is 4.51. The first-order valence-electron chi connectivity index (χ1n) is 6.89. The SMILES string of the molecule is CCC(C)(CO)CNc1c(Cl)cc(C)c2ncccc12. The zero-order chi connectivity index (χ0) is 14.8. The van der Waals surface area contributed by atoms with Crippen LogP contribution in [0.5, 0.6) is 0 Å². The van der Waals surface area contributed by atoms with Crippen molar-refractivity contribution in [2.45, 2.75) is 27.2 Å². The molecule has 0 aliphatic rings. The van der Waals surface area contributed by atoms with Crippen molar-refractivity contribution in [3.63, 3.8) is 0 Å². The minimum atomic E-state index is -0.150. The van der Waals surface area contributed by atoms with Crippen LogP contribution in [0.3, 0.4) is 0 Å². The molecule has 0 saturated heterocycles. The molecule has 4 heteroatoms. The highest BCUT2D eigenvalue weighted by Gasteiger charge is 2.21. The Labute approximate surface area is 125 Å². The summed E-state index contributed by atoms with van der Waals surface area (Å²) in [4.78, 5) is 4.42. The molecular formula is C16H21ClN2O. The van der Waals surface area contributed by atoms with Crippen molar-refractivity contribution in [3.8, 4) is 0 Å². The maximum Gasteiger partial charge on any atom is 0.0752 e. The highest BCUT2D eigenvalue weighted by molar-refractivity contribution is 6.35. The lowest BCUT2D eigenvalue weighted by molar-refractivity contribution is 0.149. The molecule has 0 saturated carbocycles. The van der Waals surface area contributed by atoms with E-state index in [4.69, 9.17) is 11.6 Å². The number of aryl methyl sites for hydroxylation is 1. The van der Waals surface area contributed by atoms with Crippen LogP contribution in [0, 0.1) is 12.3 Å². The van der Waals surface area contributed by atoms with Crippen LogP contribution in [-0.2, 0) is 0 Å². The van der Waals surface area contributed by atoms with E-state index in [1.165, 1.54) is 0 Å². The van der Waals surface area contributed by atoms with Gasteiger partial charge in [0.1, 0.15) is 0 Å². The summed E-state index contributed by atoms with van der Waals surface area (Å²) in [6.45, 7) is 6.97. The number of nitrogens with zero attached hydrogens (tertiary/aromatic N) is 1. The van der Waals surface area contributed by atoms with Crippen molar-refractivity contribution in [2.24, 2.45) is 5.41 Å². The van der Waals surface area contributed by atoms with Gasteiger partial charge < -0.3 is 10.4 Å². The average Bonchev–Trinajstić information content (AvgIpc) is 2.46. The standard InChI is InChI=1S/C16H21ClN2O/c1-4-16(3,10-20)9-19-15-12-6-5-7-18-14(12)11(2)8-13(15)17/h5-8,19-20H,4,9-10H2,1-3H3. The van der Waals surface area contributed by atoms with Gasteiger partial charge in [0.2, 0.25) is 0 Å². The number of aliphatic hydroxyl groups is 1. The fourth-order valence-corrected chi connectivity index (χ4v) is 2.49. The molecule has 2 aromatic rings. The van der Waals surface area contributed by atoms with Gasteiger partial charge in [-0.05, 0) is 37.1 Å². The number of hydrogen-bond donors (Lipinski definition) is 2. The molecule has 0 fully saturated rings. The number of rotatable bonds is 5. The monoisotopic (exact) mass is 292 g/mol. The molecule has 0 amide bonds. The van der Waals surface area contributed by atoms with Gasteiger partial charge in [0.05, 0.1) is 22.8 Å². The van der Waals surface area contributed by atoms with E-state index in [2.05, 4.69) is 24.1 Å². The molecule has 108 valence electrons. The van der Waals surface area contributed by atoms with Crippen LogP contribution < -0.4 is 5.32 Å². The Morgan fingerprint density at radius 1 is 1.45 bits per heavy atom. The van der Waals surface area contributed by atoms with E-state index in [0.717, 1.165) is 28.6 Å². The van der Waals surface area contributed by atoms with Gasteiger partial charge in [-0.1, -0.05) is 25.4 Å². The molecular weight excluding hydrogens is 272 g/mol. The van der Waals surface area contributed by atoms with Gasteiger partial charge in [0.25, 0.3) is 0 Å². The van der Waals surface area contributed by atoms with Gasteiger partial charge in [-0.25, -0.2) is 0 Å². The zero-order valence-corrected chi connectivity index (χ0v) is 13.0. The van der Waals surface area contributed by atoms with Crippen LogP contribution in [0.2, 0.25) is 5.02 Å². The highest BCUT2D eigenvalue weighted by atomic mass is 35.5. The molecule has 0 bridgehead atoms. The molecule has 0 spiro atoms. The van der Waals surface area contributed by atoms with Crippen molar-refractivity contribution < 1.29 is 5.11 Å². The summed E-state index contributed by atoms with van der Waals surface area (Å²) in [5, 5.41) is 14.6. The summed E-state index contributed by atoms with van der Waals surface area (Å²) in [5.74, 6) is 0. The molecule has 3 nitrogen and oxygen atoms in total. The average molecular weight is 293 g/mol. The number of aromatic nitrogens is 1. The van der Waals surface area contributed by atoms with E-state index in [1.54, 1.807) is 6.20 Å². The van der Waals surface area contributed by atoms with E-state index in [1.807, 2.05) is 25.1 Å². The van der Waals surface area contributed by atoms with Crippen molar-refractivity contribution in [1.29, 1.82) is 0 Å². The van der Waals surface area contributed by atoms with Crippen molar-refractivity contribution in [1.82, 2.24) is 4.98 Å². The Hall–Kier alpha value is -1.32. The highest BCUT2D eigenvalue weighted by Crippen LogP contribution is 2.33. The molecule has 1 aromatic carbocycles. The van der Waals surface area contributed by atoms with E-state index in [0.29, 0.717) is 11.6 Å². The number of benzene rings is 1. The lowest BCUT2D eigenvalue weighted by atomic mass is 9.88. The largest absolute Gasteiger partial charge is 0.396 e. The Morgan fingerprint density at radius 2 is 2.20 bits per heavy atom. The second-order valence-electron chi connectivity index (χ2n) is 5.63. The third-order valence-electron chi connectivity index (χ3n) is 3.96. The van der Waals surface area contributed by atoms with E-state index >= 15 is 0 Å². The summed E-state index contributed by atoms with van der Waals surface area (Å²) in [7, 11) is 0. The molecule has 20 heavy (non-hydrogen) atoms. The van der Waals surface area contributed by atoms with Crippen LogP contribution in [0.4, 0.5) is 5.69 Å². The second-order valence-corrected chi connectivity index (χ2v) is 6.03. The molecule has 0 aliphatic heterocycles. The van der Waals surface area contributed by atoms with Crippen LogP contribution in [0.25, 0.3) is 10.9 Å². The number of nitrogens with one attached hydrogen (secondary N) is 1. The van der Waals surface area contributed by atoms with Gasteiger partial charge in [-0.15, -0.1) is 0 Å². The number of pyridine rings is 1. The molecule has 0 radical (unpaired) electrons. The second kappa shape index (κ2) is 5.98.